The molecule has 17 heavy (non-hydrogen) atoms. The molecule has 1 N–H and O–H groups in total. The highest BCUT2D eigenvalue weighted by Crippen LogP contribution is 2.17. The first-order chi connectivity index (χ1) is 8.02. The lowest BCUT2D eigenvalue weighted by molar-refractivity contribution is 0.0626. The third kappa shape index (κ3) is 5.15. The Balaban J connectivity index is 2.63. The van der Waals surface area contributed by atoms with E-state index in [1.807, 2.05) is 27.0 Å². The minimum atomic E-state index is -0.169. The van der Waals surface area contributed by atoms with Gasteiger partial charge in [-0.3, -0.25) is 0 Å². The van der Waals surface area contributed by atoms with Gasteiger partial charge >= 0.3 is 0 Å². The van der Waals surface area contributed by atoms with Gasteiger partial charge in [0.15, 0.2) is 0 Å². The molecule has 0 amide bonds. The lowest BCUT2D eigenvalue weighted by Crippen LogP contribution is -2.33. The molecule has 1 unspecified atom stereocenters. The Kier molecular flexibility index (Phi) is 6.09. The first-order valence-corrected chi connectivity index (χ1v) is 6.55. The van der Waals surface area contributed by atoms with E-state index in [4.69, 9.17) is 4.74 Å². The molecule has 4 heteroatoms. The quantitative estimate of drug-likeness (QED) is 0.872. The molecule has 0 saturated heterocycles. The van der Waals surface area contributed by atoms with Gasteiger partial charge in [0.05, 0.1) is 12.7 Å². The van der Waals surface area contributed by atoms with Crippen LogP contribution in [-0.4, -0.2) is 25.8 Å². The average molecular weight is 304 g/mol. The summed E-state index contributed by atoms with van der Waals surface area (Å²) in [6.07, 6.45) is 0.812. The van der Waals surface area contributed by atoms with Gasteiger partial charge in [0.25, 0.3) is 0 Å². The van der Waals surface area contributed by atoms with Crippen molar-refractivity contribution in [3.05, 3.63) is 34.1 Å². The summed E-state index contributed by atoms with van der Waals surface area (Å²) in [7, 11) is 1.87. The Labute approximate surface area is 111 Å². The van der Waals surface area contributed by atoms with Crippen molar-refractivity contribution in [1.29, 1.82) is 0 Å². The van der Waals surface area contributed by atoms with E-state index < -0.39 is 0 Å². The smallest absolute Gasteiger partial charge is 0.126 e. The molecule has 0 fully saturated rings. The maximum Gasteiger partial charge on any atom is 0.126 e. The topological polar surface area (TPSA) is 21.3 Å². The van der Waals surface area contributed by atoms with E-state index in [-0.39, 0.29) is 18.0 Å². The standard InChI is InChI=1S/C13H19BrFNO/c1-9(2)17-8-12(16-3)7-10-6-11(14)4-5-13(10)15/h4-6,9,12,16H,7-8H2,1-3H3. The minimum absolute atomic E-state index is 0.126. The zero-order valence-corrected chi connectivity index (χ0v) is 12.1. The molecule has 0 aliphatic heterocycles. The van der Waals surface area contributed by atoms with Crippen LogP contribution in [-0.2, 0) is 11.2 Å². The van der Waals surface area contributed by atoms with Crippen LogP contribution in [0.5, 0.6) is 0 Å². The van der Waals surface area contributed by atoms with Crippen LogP contribution in [0.15, 0.2) is 22.7 Å². The second kappa shape index (κ2) is 7.09. The number of nitrogens with one attached hydrogen (secondary N) is 1. The van der Waals surface area contributed by atoms with E-state index in [0.29, 0.717) is 18.6 Å². The highest BCUT2D eigenvalue weighted by molar-refractivity contribution is 9.10. The van der Waals surface area contributed by atoms with Gasteiger partial charge in [0, 0.05) is 10.5 Å². The SMILES string of the molecule is CNC(COC(C)C)Cc1cc(Br)ccc1F. The molecule has 0 saturated carbocycles. The highest BCUT2D eigenvalue weighted by atomic mass is 79.9. The van der Waals surface area contributed by atoms with Crippen molar-refractivity contribution in [1.82, 2.24) is 5.32 Å². The van der Waals surface area contributed by atoms with E-state index in [0.717, 1.165) is 4.47 Å². The Morgan fingerprint density at radius 1 is 1.41 bits per heavy atom. The van der Waals surface area contributed by atoms with Gasteiger partial charge in [-0.15, -0.1) is 0 Å². The largest absolute Gasteiger partial charge is 0.377 e. The maximum absolute atomic E-state index is 13.6. The predicted molar refractivity (Wildman–Crippen MR) is 71.7 cm³/mol. The van der Waals surface area contributed by atoms with Crippen LogP contribution < -0.4 is 5.32 Å². The van der Waals surface area contributed by atoms with Crippen LogP contribution in [0.25, 0.3) is 0 Å². The number of hydrogen-bond donors (Lipinski definition) is 1. The van der Waals surface area contributed by atoms with Gasteiger partial charge in [0.2, 0.25) is 0 Å². The van der Waals surface area contributed by atoms with Crippen molar-refractivity contribution in [2.75, 3.05) is 13.7 Å². The average Bonchev–Trinajstić information content (AvgIpc) is 2.28. The molecule has 0 heterocycles. The normalized spacial score (nSPS) is 13.1. The van der Waals surface area contributed by atoms with Crippen LogP contribution in [0.3, 0.4) is 0 Å². The van der Waals surface area contributed by atoms with Gasteiger partial charge in [-0.2, -0.15) is 0 Å². The molecular formula is C13H19BrFNO. The van der Waals surface area contributed by atoms with Gasteiger partial charge in [-0.25, -0.2) is 4.39 Å². The zero-order valence-electron chi connectivity index (χ0n) is 10.5. The van der Waals surface area contributed by atoms with Crippen molar-refractivity contribution in [2.24, 2.45) is 0 Å². The van der Waals surface area contributed by atoms with Crippen LogP contribution >= 0.6 is 15.9 Å². The molecule has 1 rings (SSSR count). The van der Waals surface area contributed by atoms with Gasteiger partial charge in [0.1, 0.15) is 5.82 Å². The third-order valence-corrected chi connectivity index (χ3v) is 3.01. The first kappa shape index (κ1) is 14.6. The molecule has 0 bridgehead atoms. The van der Waals surface area contributed by atoms with E-state index in [1.165, 1.54) is 6.07 Å². The van der Waals surface area contributed by atoms with Gasteiger partial charge in [-0.05, 0) is 51.1 Å². The Morgan fingerprint density at radius 2 is 2.12 bits per heavy atom. The van der Waals surface area contributed by atoms with E-state index in [1.54, 1.807) is 6.07 Å². The fourth-order valence-electron chi connectivity index (χ4n) is 1.52. The Bertz CT molecular complexity index is 357. The molecular weight excluding hydrogens is 285 g/mol. The Hall–Kier alpha value is -0.450. The second-order valence-corrected chi connectivity index (χ2v) is 5.22. The van der Waals surface area contributed by atoms with E-state index in [9.17, 15) is 4.39 Å². The van der Waals surface area contributed by atoms with Crippen LogP contribution in [0.2, 0.25) is 0 Å². The molecule has 0 aromatic heterocycles. The van der Waals surface area contributed by atoms with Crippen molar-refractivity contribution in [2.45, 2.75) is 32.4 Å². The molecule has 0 spiro atoms. The summed E-state index contributed by atoms with van der Waals surface area (Å²) in [5.41, 5.74) is 0.700. The summed E-state index contributed by atoms with van der Waals surface area (Å²) >= 11 is 3.35. The summed E-state index contributed by atoms with van der Waals surface area (Å²) < 4.78 is 20.0. The van der Waals surface area contributed by atoms with Crippen LogP contribution in [0.4, 0.5) is 4.39 Å². The van der Waals surface area contributed by atoms with E-state index >= 15 is 0 Å². The lowest BCUT2D eigenvalue weighted by Gasteiger charge is -2.18. The summed E-state index contributed by atoms with van der Waals surface area (Å²) in [6, 6.07) is 5.13. The molecule has 0 radical (unpaired) electrons. The fraction of sp³-hybridized carbons (Fsp3) is 0.538. The third-order valence-electron chi connectivity index (χ3n) is 2.51. The monoisotopic (exact) mass is 303 g/mol. The molecule has 0 aliphatic carbocycles. The molecule has 2 nitrogen and oxygen atoms in total. The summed E-state index contributed by atoms with van der Waals surface area (Å²) in [4.78, 5) is 0. The zero-order chi connectivity index (χ0) is 12.8. The summed E-state index contributed by atoms with van der Waals surface area (Å²) in [5, 5.41) is 3.15. The van der Waals surface area contributed by atoms with E-state index in [2.05, 4.69) is 21.2 Å². The van der Waals surface area contributed by atoms with Gasteiger partial charge < -0.3 is 10.1 Å². The number of rotatable bonds is 6. The van der Waals surface area contributed by atoms with Crippen LogP contribution in [0, 0.1) is 5.82 Å². The predicted octanol–water partition coefficient (Wildman–Crippen LogP) is 3.14. The van der Waals surface area contributed by atoms with Crippen molar-refractivity contribution in [3.63, 3.8) is 0 Å². The summed E-state index contributed by atoms with van der Waals surface area (Å²) in [6.45, 7) is 4.57. The van der Waals surface area contributed by atoms with Gasteiger partial charge in [-0.1, -0.05) is 15.9 Å². The number of likely N-dealkylation sites (N-methyl/N-ethyl adjacent to an activating group) is 1. The summed E-state index contributed by atoms with van der Waals surface area (Å²) in [5.74, 6) is -0.169. The number of halogens is 2. The fourth-order valence-corrected chi connectivity index (χ4v) is 1.93. The molecule has 1 aromatic carbocycles. The number of benzene rings is 1. The number of hydrogen-bond acceptors (Lipinski definition) is 2. The van der Waals surface area contributed by atoms with Crippen molar-refractivity contribution < 1.29 is 9.13 Å². The van der Waals surface area contributed by atoms with Crippen molar-refractivity contribution in [3.8, 4) is 0 Å². The molecule has 96 valence electrons. The van der Waals surface area contributed by atoms with Crippen molar-refractivity contribution >= 4 is 15.9 Å². The number of ether oxygens (including phenoxy) is 1. The maximum atomic E-state index is 13.6. The molecule has 0 aliphatic rings. The molecule has 1 atom stereocenters. The minimum Gasteiger partial charge on any atom is -0.377 e. The Morgan fingerprint density at radius 3 is 2.71 bits per heavy atom. The second-order valence-electron chi connectivity index (χ2n) is 4.31. The lowest BCUT2D eigenvalue weighted by atomic mass is 10.1. The highest BCUT2D eigenvalue weighted by Gasteiger charge is 2.12. The molecule has 1 aromatic rings. The first-order valence-electron chi connectivity index (χ1n) is 5.75. The van der Waals surface area contributed by atoms with Crippen LogP contribution in [0.1, 0.15) is 19.4 Å².